The summed E-state index contributed by atoms with van der Waals surface area (Å²) in [6.45, 7) is 1.68. The van der Waals surface area contributed by atoms with Crippen molar-refractivity contribution in [3.63, 3.8) is 0 Å². The molecule has 0 unspecified atom stereocenters. The minimum Gasteiger partial charge on any atom is -0.279 e. The largest absolute Gasteiger partial charge is 0.279 e. The highest BCUT2D eigenvalue weighted by Gasteiger charge is 2.17. The first kappa shape index (κ1) is 16.8. The summed E-state index contributed by atoms with van der Waals surface area (Å²) < 4.78 is 49.3. The third kappa shape index (κ3) is 3.58. The first-order chi connectivity index (χ1) is 10.1. The van der Waals surface area contributed by atoms with Crippen molar-refractivity contribution in [2.45, 2.75) is 16.7 Å². The Hall–Kier alpha value is -1.61. The smallest absolute Gasteiger partial charge is 0.261 e. The Morgan fingerprint density at radius 1 is 0.955 bits per heavy atom. The lowest BCUT2D eigenvalue weighted by atomic mass is 10.2. The molecule has 0 heterocycles. The molecule has 0 aromatic heterocycles. The number of nitrogens with one attached hydrogen (secondary N) is 1. The van der Waals surface area contributed by atoms with Gasteiger partial charge in [-0.25, -0.2) is 22.0 Å². The van der Waals surface area contributed by atoms with E-state index in [2.05, 4.69) is 4.72 Å². The molecule has 0 fully saturated rings. The summed E-state index contributed by atoms with van der Waals surface area (Å²) >= 11 is 5.94. The van der Waals surface area contributed by atoms with E-state index >= 15 is 0 Å². The summed E-state index contributed by atoms with van der Waals surface area (Å²) in [6, 6.07) is 9.46. The lowest BCUT2D eigenvalue weighted by Gasteiger charge is -2.11. The monoisotopic (exact) mass is 360 g/mol. The van der Waals surface area contributed by atoms with Gasteiger partial charge in [0.1, 0.15) is 0 Å². The van der Waals surface area contributed by atoms with E-state index < -0.39 is 20.0 Å². The van der Waals surface area contributed by atoms with Gasteiger partial charge in [0.25, 0.3) is 10.0 Å². The maximum atomic E-state index is 12.3. The second kappa shape index (κ2) is 5.88. The van der Waals surface area contributed by atoms with Crippen molar-refractivity contribution in [3.8, 4) is 0 Å². The van der Waals surface area contributed by atoms with Crippen molar-refractivity contribution < 1.29 is 16.8 Å². The first-order valence-corrected chi connectivity index (χ1v) is 9.43. The Labute approximate surface area is 134 Å². The number of rotatable bonds is 4. The Balaban J connectivity index is 2.37. The number of sulfonamides is 2. The Kier molecular flexibility index (Phi) is 4.48. The molecule has 9 heteroatoms. The maximum Gasteiger partial charge on any atom is 0.261 e. The van der Waals surface area contributed by atoms with Crippen LogP contribution in [0.4, 0.5) is 5.69 Å². The molecular weight excluding hydrogens is 348 g/mol. The van der Waals surface area contributed by atoms with Crippen molar-refractivity contribution >= 4 is 37.3 Å². The highest BCUT2D eigenvalue weighted by atomic mass is 35.5. The van der Waals surface area contributed by atoms with Gasteiger partial charge in [-0.15, -0.1) is 0 Å². The molecule has 2 aromatic rings. The van der Waals surface area contributed by atoms with Gasteiger partial charge in [-0.3, -0.25) is 4.72 Å². The zero-order valence-electron chi connectivity index (χ0n) is 11.4. The van der Waals surface area contributed by atoms with E-state index in [9.17, 15) is 16.8 Å². The van der Waals surface area contributed by atoms with Gasteiger partial charge in [-0.2, -0.15) is 0 Å². The van der Waals surface area contributed by atoms with E-state index in [1.807, 2.05) is 0 Å². The van der Waals surface area contributed by atoms with E-state index in [1.54, 1.807) is 25.1 Å². The average Bonchev–Trinajstić information content (AvgIpc) is 2.43. The Morgan fingerprint density at radius 3 is 2.05 bits per heavy atom. The van der Waals surface area contributed by atoms with Gasteiger partial charge < -0.3 is 0 Å². The Morgan fingerprint density at radius 2 is 1.50 bits per heavy atom. The SMILES string of the molecule is Cc1c(Cl)cccc1NS(=O)(=O)c1ccc(S(N)(=O)=O)cc1. The third-order valence-corrected chi connectivity index (χ3v) is 5.69. The molecule has 0 amide bonds. The molecule has 0 atom stereocenters. The van der Waals surface area contributed by atoms with E-state index in [4.69, 9.17) is 16.7 Å². The van der Waals surface area contributed by atoms with Gasteiger partial charge in [-0.1, -0.05) is 17.7 Å². The molecule has 0 saturated carbocycles. The zero-order chi connectivity index (χ0) is 16.5. The summed E-state index contributed by atoms with van der Waals surface area (Å²) in [5.74, 6) is 0. The second-order valence-electron chi connectivity index (χ2n) is 4.53. The number of primary sulfonamides is 1. The summed E-state index contributed by atoms with van der Waals surface area (Å²) in [5, 5.41) is 5.40. The number of nitrogens with two attached hydrogens (primary N) is 1. The molecule has 0 radical (unpaired) electrons. The van der Waals surface area contributed by atoms with Crippen LogP contribution in [0.2, 0.25) is 5.02 Å². The summed E-state index contributed by atoms with van der Waals surface area (Å²) in [7, 11) is -7.73. The molecule has 22 heavy (non-hydrogen) atoms. The van der Waals surface area contributed by atoms with Gasteiger partial charge in [0.15, 0.2) is 0 Å². The first-order valence-electron chi connectivity index (χ1n) is 6.02. The van der Waals surface area contributed by atoms with Crippen LogP contribution in [0.15, 0.2) is 52.3 Å². The van der Waals surface area contributed by atoms with Crippen LogP contribution in [-0.4, -0.2) is 16.8 Å². The molecule has 6 nitrogen and oxygen atoms in total. The van der Waals surface area contributed by atoms with Crippen LogP contribution in [0, 0.1) is 6.92 Å². The van der Waals surface area contributed by atoms with Crippen LogP contribution in [0.1, 0.15) is 5.56 Å². The second-order valence-corrected chi connectivity index (χ2v) is 8.19. The molecule has 0 aliphatic carbocycles. The molecular formula is C13H13ClN2O4S2. The van der Waals surface area contributed by atoms with E-state index in [-0.39, 0.29) is 9.79 Å². The van der Waals surface area contributed by atoms with E-state index in [0.29, 0.717) is 16.3 Å². The summed E-state index contributed by atoms with van der Waals surface area (Å²) in [6.07, 6.45) is 0. The molecule has 0 bridgehead atoms. The fraction of sp³-hybridized carbons (Fsp3) is 0.0769. The van der Waals surface area contributed by atoms with Crippen molar-refractivity contribution in [2.75, 3.05) is 4.72 Å². The van der Waals surface area contributed by atoms with Crippen LogP contribution in [0.3, 0.4) is 0 Å². The number of halogens is 1. The van der Waals surface area contributed by atoms with Crippen molar-refractivity contribution in [1.29, 1.82) is 0 Å². The number of benzene rings is 2. The van der Waals surface area contributed by atoms with Crippen LogP contribution in [-0.2, 0) is 20.0 Å². The van der Waals surface area contributed by atoms with Crippen molar-refractivity contribution in [1.82, 2.24) is 0 Å². The molecule has 0 aliphatic rings. The topological polar surface area (TPSA) is 106 Å². The van der Waals surface area contributed by atoms with E-state index in [0.717, 1.165) is 12.1 Å². The minimum absolute atomic E-state index is 0.0840. The maximum absolute atomic E-state index is 12.3. The van der Waals surface area contributed by atoms with Crippen molar-refractivity contribution in [2.24, 2.45) is 5.14 Å². The number of hydrogen-bond acceptors (Lipinski definition) is 4. The minimum atomic E-state index is -3.87. The summed E-state index contributed by atoms with van der Waals surface area (Å²) in [5.41, 5.74) is 0.942. The van der Waals surface area contributed by atoms with Crippen molar-refractivity contribution in [3.05, 3.63) is 53.1 Å². The normalized spacial score (nSPS) is 12.1. The standard InChI is InChI=1S/C13H13ClN2O4S2/c1-9-12(14)3-2-4-13(9)16-22(19,20)11-7-5-10(6-8-11)21(15,17)18/h2-8,16H,1H3,(H2,15,17,18). The predicted octanol–water partition coefficient (Wildman–Crippen LogP) is 2.10. The lowest BCUT2D eigenvalue weighted by Crippen LogP contribution is -2.15. The fourth-order valence-corrected chi connectivity index (χ4v) is 3.54. The number of anilines is 1. The lowest BCUT2D eigenvalue weighted by molar-refractivity contribution is 0.595. The Bertz CT molecular complexity index is 908. The molecule has 2 rings (SSSR count). The van der Waals surface area contributed by atoms with Crippen LogP contribution in [0.25, 0.3) is 0 Å². The van der Waals surface area contributed by atoms with Crippen LogP contribution >= 0.6 is 11.6 Å². The molecule has 2 aromatic carbocycles. The fourth-order valence-electron chi connectivity index (χ4n) is 1.73. The van der Waals surface area contributed by atoms with Gasteiger partial charge in [0, 0.05) is 5.02 Å². The molecule has 3 N–H and O–H groups in total. The molecule has 0 spiro atoms. The van der Waals surface area contributed by atoms with Crippen LogP contribution < -0.4 is 9.86 Å². The zero-order valence-corrected chi connectivity index (χ0v) is 13.8. The predicted molar refractivity (Wildman–Crippen MR) is 84.8 cm³/mol. The quantitative estimate of drug-likeness (QED) is 0.870. The van der Waals surface area contributed by atoms with Gasteiger partial charge in [0.05, 0.1) is 15.5 Å². The van der Waals surface area contributed by atoms with Gasteiger partial charge >= 0.3 is 0 Å². The van der Waals surface area contributed by atoms with E-state index in [1.165, 1.54) is 12.1 Å². The highest BCUT2D eigenvalue weighted by molar-refractivity contribution is 7.92. The van der Waals surface area contributed by atoms with Crippen LogP contribution in [0.5, 0.6) is 0 Å². The molecule has 0 aliphatic heterocycles. The third-order valence-electron chi connectivity index (χ3n) is 2.97. The van der Waals surface area contributed by atoms with Gasteiger partial charge in [0.2, 0.25) is 10.0 Å². The molecule has 118 valence electrons. The highest BCUT2D eigenvalue weighted by Crippen LogP contribution is 2.25. The van der Waals surface area contributed by atoms with Gasteiger partial charge in [-0.05, 0) is 48.9 Å². The number of hydrogen-bond donors (Lipinski definition) is 2. The summed E-state index contributed by atoms with van der Waals surface area (Å²) in [4.78, 5) is -0.246. The average molecular weight is 361 g/mol. The molecule has 0 saturated heterocycles.